The molecule has 2 amide bonds. The van der Waals surface area contributed by atoms with Crippen LogP contribution >= 0.6 is 0 Å². The number of ether oxygens (including phenoxy) is 1. The molecule has 0 aliphatic carbocycles. The van der Waals surface area contributed by atoms with E-state index in [2.05, 4.69) is 0 Å². The third-order valence-electron chi connectivity index (χ3n) is 2.49. The van der Waals surface area contributed by atoms with Crippen LogP contribution in [0.2, 0.25) is 0 Å². The van der Waals surface area contributed by atoms with Crippen LogP contribution in [0.4, 0.5) is 4.79 Å². The topological polar surface area (TPSA) is 59.1 Å². The van der Waals surface area contributed by atoms with Crippen molar-refractivity contribution in [2.45, 2.75) is 39.3 Å². The average molecular weight is 246 g/mol. The molecule has 0 rings (SSSR count). The lowest BCUT2D eigenvalue weighted by Crippen LogP contribution is -2.46. The first kappa shape index (κ1) is 15.7. The van der Waals surface area contributed by atoms with Gasteiger partial charge in [-0.1, -0.05) is 0 Å². The van der Waals surface area contributed by atoms with Crippen LogP contribution < -0.4 is 0 Å². The normalized spacial score (nSPS) is 12.9. The molecule has 1 unspecified atom stereocenters. The van der Waals surface area contributed by atoms with Gasteiger partial charge in [-0.2, -0.15) is 0 Å². The highest BCUT2D eigenvalue weighted by atomic mass is 16.7. The van der Waals surface area contributed by atoms with Crippen LogP contribution in [0.3, 0.4) is 0 Å². The number of amides is 2. The third-order valence-corrected chi connectivity index (χ3v) is 2.49. The highest BCUT2D eigenvalue weighted by Crippen LogP contribution is 2.13. The minimum Gasteiger partial charge on any atom is -0.436 e. The maximum absolute atomic E-state index is 11.7. The second kappa shape index (κ2) is 5.86. The van der Waals surface area contributed by atoms with Gasteiger partial charge in [0.05, 0.1) is 7.11 Å². The van der Waals surface area contributed by atoms with Gasteiger partial charge in [0.1, 0.15) is 0 Å². The molecule has 100 valence electrons. The van der Waals surface area contributed by atoms with Crippen molar-refractivity contribution in [3.8, 4) is 0 Å². The molecule has 6 nitrogen and oxygen atoms in total. The van der Waals surface area contributed by atoms with E-state index in [0.717, 1.165) is 5.06 Å². The van der Waals surface area contributed by atoms with Crippen LogP contribution in [0.5, 0.6) is 0 Å². The molecule has 0 bridgehead atoms. The first-order chi connectivity index (χ1) is 7.61. The summed E-state index contributed by atoms with van der Waals surface area (Å²) < 4.78 is 5.04. The summed E-state index contributed by atoms with van der Waals surface area (Å²) in [6.07, 6.45) is -1.42. The van der Waals surface area contributed by atoms with Gasteiger partial charge in [0, 0.05) is 19.6 Å². The lowest BCUT2D eigenvalue weighted by atomic mass is 10.1. The van der Waals surface area contributed by atoms with Crippen molar-refractivity contribution in [3.63, 3.8) is 0 Å². The van der Waals surface area contributed by atoms with Crippen LogP contribution in [-0.2, 0) is 14.4 Å². The first-order valence-corrected chi connectivity index (χ1v) is 5.37. The summed E-state index contributed by atoms with van der Waals surface area (Å²) >= 11 is 0. The predicted octanol–water partition coefficient (Wildman–Crippen LogP) is 1.26. The van der Waals surface area contributed by atoms with Gasteiger partial charge >= 0.3 is 6.09 Å². The summed E-state index contributed by atoms with van der Waals surface area (Å²) in [7, 11) is 4.45. The van der Waals surface area contributed by atoms with Crippen molar-refractivity contribution in [1.82, 2.24) is 9.96 Å². The Morgan fingerprint density at radius 1 is 1.18 bits per heavy atom. The van der Waals surface area contributed by atoms with E-state index in [1.807, 2.05) is 20.8 Å². The molecule has 0 spiro atoms. The maximum atomic E-state index is 11.7. The smallest absolute Gasteiger partial charge is 0.410 e. The summed E-state index contributed by atoms with van der Waals surface area (Å²) in [6, 6.07) is 0. The number of carbonyl (C=O) groups is 2. The number of hydrogen-bond acceptors (Lipinski definition) is 4. The van der Waals surface area contributed by atoms with Crippen molar-refractivity contribution < 1.29 is 19.2 Å². The second-order valence-corrected chi connectivity index (χ2v) is 4.77. The minimum atomic E-state index is -0.878. The van der Waals surface area contributed by atoms with Crippen LogP contribution in [0.25, 0.3) is 0 Å². The minimum absolute atomic E-state index is 0.354. The van der Waals surface area contributed by atoms with Gasteiger partial charge in [-0.05, 0) is 27.7 Å². The van der Waals surface area contributed by atoms with Gasteiger partial charge in [0.15, 0.2) is 6.10 Å². The fourth-order valence-corrected chi connectivity index (χ4v) is 0.901. The zero-order chi connectivity index (χ0) is 13.8. The second-order valence-electron chi connectivity index (χ2n) is 4.77. The summed E-state index contributed by atoms with van der Waals surface area (Å²) in [4.78, 5) is 29.5. The molecule has 0 saturated carbocycles. The highest BCUT2D eigenvalue weighted by molar-refractivity contribution is 5.82. The summed E-state index contributed by atoms with van der Waals surface area (Å²) in [5.74, 6) is -0.414. The van der Waals surface area contributed by atoms with E-state index in [9.17, 15) is 9.59 Å². The number of carbonyl (C=O) groups excluding carboxylic acids is 2. The molecule has 0 aliphatic rings. The Hall–Kier alpha value is -1.30. The fourth-order valence-electron chi connectivity index (χ4n) is 0.901. The van der Waals surface area contributed by atoms with Crippen LogP contribution in [-0.4, -0.2) is 54.8 Å². The van der Waals surface area contributed by atoms with Gasteiger partial charge in [-0.15, -0.1) is 0 Å². The Bertz CT molecular complexity index is 286. The van der Waals surface area contributed by atoms with E-state index < -0.39 is 18.1 Å². The largest absolute Gasteiger partial charge is 0.436 e. The highest BCUT2D eigenvalue weighted by Gasteiger charge is 2.28. The van der Waals surface area contributed by atoms with Crippen molar-refractivity contribution >= 4 is 12.0 Å². The zero-order valence-electron chi connectivity index (χ0n) is 11.6. The summed E-state index contributed by atoms with van der Waals surface area (Å²) in [5, 5.41) is 1.02. The van der Waals surface area contributed by atoms with Gasteiger partial charge in [0.25, 0.3) is 5.91 Å². The van der Waals surface area contributed by atoms with Crippen LogP contribution in [0.1, 0.15) is 27.7 Å². The average Bonchev–Trinajstić information content (AvgIpc) is 2.24. The first-order valence-electron chi connectivity index (χ1n) is 5.37. The standard InChI is InChI=1S/C11H22N2O4/c1-8(9(14)13(6)16-7)17-10(15)12(5)11(2,3)4/h8H,1-7H3. The van der Waals surface area contributed by atoms with Crippen molar-refractivity contribution in [1.29, 1.82) is 0 Å². The quantitative estimate of drug-likeness (QED) is 0.703. The number of hydrogen-bond donors (Lipinski definition) is 0. The van der Waals surface area contributed by atoms with Gasteiger partial charge < -0.3 is 9.64 Å². The molecule has 0 aromatic carbocycles. The van der Waals surface area contributed by atoms with Crippen molar-refractivity contribution in [3.05, 3.63) is 0 Å². The molecule has 1 atom stereocenters. The van der Waals surface area contributed by atoms with Crippen LogP contribution in [0, 0.1) is 0 Å². The third kappa shape index (κ3) is 4.60. The van der Waals surface area contributed by atoms with E-state index >= 15 is 0 Å². The molecule has 0 heterocycles. The van der Waals surface area contributed by atoms with Crippen molar-refractivity contribution in [2.75, 3.05) is 21.2 Å². The van der Waals surface area contributed by atoms with Crippen LogP contribution in [0.15, 0.2) is 0 Å². The Morgan fingerprint density at radius 3 is 2.00 bits per heavy atom. The monoisotopic (exact) mass is 246 g/mol. The van der Waals surface area contributed by atoms with E-state index in [-0.39, 0.29) is 5.54 Å². The Balaban J connectivity index is 4.45. The molecule has 0 aromatic rings. The SMILES string of the molecule is CON(C)C(=O)C(C)OC(=O)N(C)C(C)(C)C. The van der Waals surface area contributed by atoms with E-state index in [0.29, 0.717) is 0 Å². The maximum Gasteiger partial charge on any atom is 0.410 e. The fraction of sp³-hybridized carbons (Fsp3) is 0.818. The van der Waals surface area contributed by atoms with E-state index in [1.165, 1.54) is 26.0 Å². The zero-order valence-corrected chi connectivity index (χ0v) is 11.6. The van der Waals surface area contributed by atoms with E-state index in [1.54, 1.807) is 7.05 Å². The number of likely N-dealkylation sites (N-methyl/N-ethyl adjacent to an activating group) is 1. The number of hydroxylamine groups is 2. The molecule has 17 heavy (non-hydrogen) atoms. The Morgan fingerprint density at radius 2 is 1.65 bits per heavy atom. The Kier molecular flexibility index (Phi) is 5.41. The predicted molar refractivity (Wildman–Crippen MR) is 63.2 cm³/mol. The number of nitrogens with zero attached hydrogens (tertiary/aromatic N) is 2. The molecule has 6 heteroatoms. The summed E-state index contributed by atoms with van der Waals surface area (Å²) in [5.41, 5.74) is -0.354. The molecular weight excluding hydrogens is 224 g/mol. The van der Waals surface area contributed by atoms with Gasteiger partial charge in [-0.3, -0.25) is 9.63 Å². The van der Waals surface area contributed by atoms with Gasteiger partial charge in [-0.25, -0.2) is 9.86 Å². The summed E-state index contributed by atoms with van der Waals surface area (Å²) in [6.45, 7) is 7.14. The molecular formula is C11H22N2O4. The van der Waals surface area contributed by atoms with Crippen molar-refractivity contribution in [2.24, 2.45) is 0 Å². The molecule has 0 N–H and O–H groups in total. The van der Waals surface area contributed by atoms with E-state index in [4.69, 9.17) is 9.57 Å². The molecule has 0 aromatic heterocycles. The lowest BCUT2D eigenvalue weighted by Gasteiger charge is -2.32. The Labute approximate surface area is 102 Å². The molecule has 0 fully saturated rings. The molecule has 0 aliphatic heterocycles. The molecule has 0 radical (unpaired) electrons. The molecule has 0 saturated heterocycles. The van der Waals surface area contributed by atoms with Gasteiger partial charge in [0.2, 0.25) is 0 Å². The number of rotatable bonds is 3. The lowest BCUT2D eigenvalue weighted by molar-refractivity contribution is -0.177.